The predicted octanol–water partition coefficient (Wildman–Crippen LogP) is 7.96. The van der Waals surface area contributed by atoms with Crippen molar-refractivity contribution in [3.8, 4) is 6.57 Å². The minimum absolute atomic E-state index is 0.133. The van der Waals surface area contributed by atoms with Gasteiger partial charge in [-0.15, -0.1) is 0 Å². The van der Waals surface area contributed by atoms with Gasteiger partial charge in [0, 0.05) is 49.4 Å². The quantitative estimate of drug-likeness (QED) is 0.414. The van der Waals surface area contributed by atoms with Gasteiger partial charge in [-0.1, -0.05) is 62.3 Å². The fourth-order valence-corrected chi connectivity index (χ4v) is 4.98. The number of alkyl halides is 1. The average Bonchev–Trinajstić information content (AvgIpc) is 3.60. The number of hydrogen-bond acceptors (Lipinski definition) is 5. The molecule has 0 aromatic carbocycles. The number of nitrogens with zero attached hydrogens (tertiary/aromatic N) is 5. The monoisotopic (exact) mass is 507 g/mol. The fraction of sp³-hybridized carbons (Fsp3) is 0.833. The van der Waals surface area contributed by atoms with Crippen molar-refractivity contribution in [1.82, 2.24) is 14.9 Å². The summed E-state index contributed by atoms with van der Waals surface area (Å²) in [7, 11) is 0. The zero-order valence-corrected chi connectivity index (χ0v) is 25.5. The van der Waals surface area contributed by atoms with Crippen LogP contribution in [-0.2, 0) is 19.3 Å². The van der Waals surface area contributed by atoms with Crippen molar-refractivity contribution in [3.63, 3.8) is 0 Å². The summed E-state index contributed by atoms with van der Waals surface area (Å²) in [6, 6.07) is 0. The molecule has 0 amide bonds. The van der Waals surface area contributed by atoms with Crippen LogP contribution in [0.25, 0.3) is 0 Å². The second kappa shape index (κ2) is 21.4. The van der Waals surface area contributed by atoms with Crippen LogP contribution < -0.4 is 4.90 Å². The zero-order chi connectivity index (χ0) is 28.1. The summed E-state index contributed by atoms with van der Waals surface area (Å²) in [5.41, 5.74) is 2.93. The van der Waals surface area contributed by atoms with Crippen LogP contribution in [0.2, 0.25) is 0 Å². The summed E-state index contributed by atoms with van der Waals surface area (Å²) < 4.78 is 13.0. The highest BCUT2D eigenvalue weighted by molar-refractivity contribution is 5.51. The summed E-state index contributed by atoms with van der Waals surface area (Å²) in [5.74, 6) is 2.30. The van der Waals surface area contributed by atoms with Crippen LogP contribution in [0.4, 0.5) is 10.2 Å². The van der Waals surface area contributed by atoms with E-state index in [0.717, 1.165) is 38.1 Å². The van der Waals surface area contributed by atoms with E-state index in [9.17, 15) is 4.39 Å². The smallest absolute Gasteiger partial charge is 0.135 e. The molecule has 4 rings (SSSR count). The highest BCUT2D eigenvalue weighted by atomic mass is 19.1. The zero-order valence-electron chi connectivity index (χ0n) is 25.5. The number of rotatable bonds is 4. The Balaban J connectivity index is 0. The topological polar surface area (TPSA) is 56.1 Å². The van der Waals surface area contributed by atoms with Crippen molar-refractivity contribution in [3.05, 3.63) is 17.1 Å². The van der Waals surface area contributed by atoms with Gasteiger partial charge in [0.2, 0.25) is 0 Å². The molecule has 0 saturated carbocycles. The molecule has 1 aromatic rings. The SMILES string of the molecule is C#N.CC.CC.CC.CCN1CC(F)CC1(C)CC.CCc1nc2c(c(N3CCCC3)n1)CCCC2. The van der Waals surface area contributed by atoms with Crippen LogP contribution in [0, 0.1) is 11.8 Å². The highest BCUT2D eigenvalue weighted by Gasteiger charge is 2.39. The first-order chi connectivity index (χ1) is 17.5. The molecule has 2 atom stereocenters. The molecule has 1 aromatic heterocycles. The minimum Gasteiger partial charge on any atom is -0.356 e. The van der Waals surface area contributed by atoms with Crippen molar-refractivity contribution in [2.24, 2.45) is 0 Å². The number of nitriles is 1. The Hall–Kier alpha value is -1.74. The maximum atomic E-state index is 13.0. The Bertz CT molecular complexity index is 687. The molecular weight excluding hydrogens is 449 g/mol. The van der Waals surface area contributed by atoms with Gasteiger partial charge in [-0.3, -0.25) is 4.90 Å². The lowest BCUT2D eigenvalue weighted by molar-refractivity contribution is 0.159. The number of aryl methyl sites for hydroxylation is 2. The Kier molecular flexibility index (Phi) is 21.6. The Labute approximate surface area is 223 Å². The van der Waals surface area contributed by atoms with E-state index in [1.807, 2.05) is 41.5 Å². The molecule has 1 aliphatic carbocycles. The van der Waals surface area contributed by atoms with Gasteiger partial charge in [0.25, 0.3) is 0 Å². The molecule has 2 saturated heterocycles. The van der Waals surface area contributed by atoms with Crippen LogP contribution >= 0.6 is 0 Å². The molecule has 36 heavy (non-hydrogen) atoms. The van der Waals surface area contributed by atoms with E-state index >= 15 is 0 Å². The number of halogens is 1. The van der Waals surface area contributed by atoms with E-state index in [1.165, 1.54) is 62.3 Å². The molecule has 210 valence electrons. The van der Waals surface area contributed by atoms with Gasteiger partial charge in [0.15, 0.2) is 0 Å². The van der Waals surface area contributed by atoms with Crippen molar-refractivity contribution in [2.75, 3.05) is 31.1 Å². The van der Waals surface area contributed by atoms with E-state index in [1.54, 1.807) is 0 Å². The summed E-state index contributed by atoms with van der Waals surface area (Å²) in [5, 5.41) is 6.50. The molecule has 3 aliphatic rings. The third-order valence-corrected chi connectivity index (χ3v) is 6.92. The van der Waals surface area contributed by atoms with E-state index in [0.29, 0.717) is 6.54 Å². The Morgan fingerprint density at radius 2 is 1.47 bits per heavy atom. The lowest BCUT2D eigenvalue weighted by Crippen LogP contribution is -2.40. The molecule has 2 fully saturated rings. The number of anilines is 1. The van der Waals surface area contributed by atoms with Gasteiger partial charge in [0.05, 0.1) is 0 Å². The first-order valence-corrected chi connectivity index (χ1v) is 14.8. The van der Waals surface area contributed by atoms with Gasteiger partial charge in [0.1, 0.15) is 17.8 Å². The first-order valence-electron chi connectivity index (χ1n) is 14.8. The van der Waals surface area contributed by atoms with Crippen molar-refractivity contribution < 1.29 is 4.39 Å². The molecule has 5 nitrogen and oxygen atoms in total. The minimum atomic E-state index is -0.597. The second-order valence-corrected chi connectivity index (χ2v) is 8.83. The van der Waals surface area contributed by atoms with E-state index < -0.39 is 6.17 Å². The van der Waals surface area contributed by atoms with Crippen molar-refractivity contribution in [1.29, 1.82) is 5.26 Å². The van der Waals surface area contributed by atoms with Crippen LogP contribution in [0.1, 0.15) is 125 Å². The standard InChI is InChI=1S/C14H21N3.C9H18FN.3C2H6.CHN/c1-2-13-15-12-8-4-3-7-11(12)14(16-13)17-9-5-6-10-17;1-4-9(3)6-8(10)7-11(9)5-2;4*1-2/h2-10H2,1H3;8H,4-7H2,1-3H3;3*1-2H3;1H. The highest BCUT2D eigenvalue weighted by Crippen LogP contribution is 2.33. The van der Waals surface area contributed by atoms with E-state index in [4.69, 9.17) is 15.2 Å². The molecule has 0 spiro atoms. The second-order valence-electron chi connectivity index (χ2n) is 8.83. The largest absolute Gasteiger partial charge is 0.356 e. The summed E-state index contributed by atoms with van der Waals surface area (Å²) in [4.78, 5) is 14.3. The van der Waals surface area contributed by atoms with Crippen LogP contribution in [-0.4, -0.2) is 52.8 Å². The Morgan fingerprint density at radius 1 is 0.917 bits per heavy atom. The van der Waals surface area contributed by atoms with Gasteiger partial charge in [-0.2, -0.15) is 0 Å². The molecule has 3 heterocycles. The lowest BCUT2D eigenvalue weighted by Gasteiger charge is -2.32. The molecule has 6 heteroatoms. The third-order valence-electron chi connectivity index (χ3n) is 6.92. The molecule has 0 radical (unpaired) electrons. The van der Waals surface area contributed by atoms with Crippen molar-refractivity contribution in [2.45, 2.75) is 139 Å². The van der Waals surface area contributed by atoms with Gasteiger partial charge < -0.3 is 4.90 Å². The van der Waals surface area contributed by atoms with Gasteiger partial charge >= 0.3 is 0 Å². The first kappa shape index (κ1) is 36.4. The Morgan fingerprint density at radius 3 is 1.94 bits per heavy atom. The normalized spacial score (nSPS) is 21.9. The number of fused-ring (bicyclic) bond motifs is 1. The molecule has 2 unspecified atom stereocenters. The third kappa shape index (κ3) is 10.7. The maximum Gasteiger partial charge on any atom is 0.135 e. The van der Waals surface area contributed by atoms with E-state index in [2.05, 4.69) is 44.1 Å². The van der Waals surface area contributed by atoms with Gasteiger partial charge in [-0.25, -0.2) is 19.6 Å². The van der Waals surface area contributed by atoms with Crippen molar-refractivity contribution >= 4 is 5.82 Å². The molecule has 2 aliphatic heterocycles. The predicted molar refractivity (Wildman–Crippen MR) is 156 cm³/mol. The van der Waals surface area contributed by atoms with Crippen LogP contribution in [0.15, 0.2) is 0 Å². The molecule has 0 N–H and O–H groups in total. The lowest BCUT2D eigenvalue weighted by atomic mass is 9.95. The summed E-state index contributed by atoms with van der Waals surface area (Å²) >= 11 is 0. The summed E-state index contributed by atoms with van der Waals surface area (Å²) in [6.07, 6.45) is 9.72. The maximum absolute atomic E-state index is 13.0. The average molecular weight is 508 g/mol. The molecule has 0 bridgehead atoms. The number of hydrogen-bond donors (Lipinski definition) is 0. The fourth-order valence-electron chi connectivity index (χ4n) is 4.98. The number of likely N-dealkylation sites (tertiary alicyclic amines) is 1. The van der Waals surface area contributed by atoms with Gasteiger partial charge in [-0.05, 0) is 64.8 Å². The van der Waals surface area contributed by atoms with E-state index in [-0.39, 0.29) is 5.54 Å². The molecular formula is C30H58FN5. The van der Waals surface area contributed by atoms with Crippen LogP contribution in [0.3, 0.4) is 0 Å². The van der Waals surface area contributed by atoms with Crippen LogP contribution in [0.5, 0.6) is 0 Å². The number of aromatic nitrogens is 2. The summed E-state index contributed by atoms with van der Waals surface area (Å²) in [6.45, 7) is 28.0.